The summed E-state index contributed by atoms with van der Waals surface area (Å²) < 4.78 is 0. The van der Waals surface area contributed by atoms with Gasteiger partial charge in [0.25, 0.3) is 0 Å². The fourth-order valence-electron chi connectivity index (χ4n) is 0.449. The highest BCUT2D eigenvalue weighted by atomic mass is 32.2. The Hall–Kier alpha value is -0.440. The van der Waals surface area contributed by atoms with Gasteiger partial charge in [0.1, 0.15) is 0 Å². The molecule has 0 aromatic carbocycles. The number of rotatable bonds is 0. The Morgan fingerprint density at radius 3 is 3.00 bits per heavy atom. The van der Waals surface area contributed by atoms with E-state index in [1.807, 2.05) is 11.2 Å². The van der Waals surface area contributed by atoms with Crippen LogP contribution in [-0.4, -0.2) is 10.9 Å². The van der Waals surface area contributed by atoms with Crippen molar-refractivity contribution in [3.63, 3.8) is 0 Å². The molecule has 0 bridgehead atoms. The molecule has 0 atom stereocenters. The molecule has 43 valence electrons. The van der Waals surface area contributed by atoms with E-state index in [1.54, 1.807) is 17.8 Å². The van der Waals surface area contributed by atoms with Crippen LogP contribution >= 0.6 is 11.8 Å². The summed E-state index contributed by atoms with van der Waals surface area (Å²) in [6.07, 6.45) is 2.56. The van der Waals surface area contributed by atoms with E-state index in [9.17, 15) is 0 Å². The van der Waals surface area contributed by atoms with Crippen molar-refractivity contribution in [3.05, 3.63) is 17.2 Å². The van der Waals surface area contributed by atoms with Crippen LogP contribution in [0.15, 0.2) is 16.6 Å². The average molecular weight is 128 g/mol. The minimum absolute atomic E-state index is 0.726. The summed E-state index contributed by atoms with van der Waals surface area (Å²) in [5.74, 6) is 1.98. The molecule has 0 fully saturated rings. The first-order chi connectivity index (χ1) is 3.93. The molecule has 1 rings (SSSR count). The molecule has 0 saturated carbocycles. The predicted molar refractivity (Wildman–Crippen MR) is 34.9 cm³/mol. The SMILES string of the molecule is ON=C1C=CS[CH]C1. The Morgan fingerprint density at radius 2 is 2.62 bits per heavy atom. The lowest BCUT2D eigenvalue weighted by atomic mass is 10.3. The zero-order valence-corrected chi connectivity index (χ0v) is 5.06. The van der Waals surface area contributed by atoms with Crippen molar-refractivity contribution in [3.8, 4) is 0 Å². The van der Waals surface area contributed by atoms with Crippen LogP contribution in [0.3, 0.4) is 0 Å². The van der Waals surface area contributed by atoms with Crippen LogP contribution in [0.4, 0.5) is 0 Å². The summed E-state index contributed by atoms with van der Waals surface area (Å²) in [6, 6.07) is 0. The van der Waals surface area contributed by atoms with E-state index in [4.69, 9.17) is 5.21 Å². The maximum absolute atomic E-state index is 8.20. The van der Waals surface area contributed by atoms with E-state index in [0.717, 1.165) is 12.1 Å². The average Bonchev–Trinajstić information content (AvgIpc) is 1.90. The quantitative estimate of drug-likeness (QED) is 0.397. The standard InChI is InChI=1S/C5H6NOS/c7-6-5-1-3-8-4-2-5/h1,3-4,7H,2H2. The zero-order chi connectivity index (χ0) is 5.82. The molecule has 1 aliphatic heterocycles. The largest absolute Gasteiger partial charge is 0.411 e. The smallest absolute Gasteiger partial charge is 0.0812 e. The number of oxime groups is 1. The number of nitrogens with zero attached hydrogens (tertiary/aromatic N) is 1. The molecule has 8 heavy (non-hydrogen) atoms. The molecule has 0 saturated heterocycles. The molecule has 3 heteroatoms. The zero-order valence-electron chi connectivity index (χ0n) is 4.24. The molecule has 1 aliphatic rings. The van der Waals surface area contributed by atoms with Gasteiger partial charge in [-0.2, -0.15) is 0 Å². The second kappa shape index (κ2) is 2.77. The Bertz CT molecular complexity index is 130. The normalized spacial score (nSPS) is 24.2. The Labute approximate surface area is 52.3 Å². The Balaban J connectivity index is 2.56. The van der Waals surface area contributed by atoms with Gasteiger partial charge in [0.05, 0.1) is 5.71 Å². The van der Waals surface area contributed by atoms with Gasteiger partial charge in [0, 0.05) is 12.2 Å². The number of allylic oxidation sites excluding steroid dienone is 1. The van der Waals surface area contributed by atoms with Crippen molar-refractivity contribution in [2.24, 2.45) is 5.16 Å². The molecule has 2 nitrogen and oxygen atoms in total. The fourth-order valence-corrected chi connectivity index (χ4v) is 1.06. The van der Waals surface area contributed by atoms with Crippen LogP contribution in [0, 0.1) is 5.75 Å². The molecular formula is C5H6NOS. The molecule has 0 aromatic rings. The van der Waals surface area contributed by atoms with Gasteiger partial charge in [0.15, 0.2) is 0 Å². The minimum Gasteiger partial charge on any atom is -0.411 e. The Kier molecular flexibility index (Phi) is 1.97. The number of thioether (sulfide) groups is 1. The van der Waals surface area contributed by atoms with Gasteiger partial charge in [-0.1, -0.05) is 5.16 Å². The van der Waals surface area contributed by atoms with Crippen molar-refractivity contribution in [1.29, 1.82) is 0 Å². The first-order valence-electron chi connectivity index (χ1n) is 2.28. The maximum Gasteiger partial charge on any atom is 0.0812 e. The van der Waals surface area contributed by atoms with E-state index >= 15 is 0 Å². The third-order valence-corrected chi connectivity index (χ3v) is 1.51. The van der Waals surface area contributed by atoms with Crippen LogP contribution < -0.4 is 0 Å². The predicted octanol–water partition coefficient (Wildman–Crippen LogP) is 1.63. The molecule has 0 amide bonds. The monoisotopic (exact) mass is 128 g/mol. The molecule has 1 heterocycles. The van der Waals surface area contributed by atoms with E-state index in [-0.39, 0.29) is 0 Å². The van der Waals surface area contributed by atoms with Gasteiger partial charge in [-0.25, -0.2) is 0 Å². The highest BCUT2D eigenvalue weighted by molar-refractivity contribution is 8.04. The van der Waals surface area contributed by atoms with Gasteiger partial charge in [-0.3, -0.25) is 0 Å². The highest BCUT2D eigenvalue weighted by Gasteiger charge is 1.99. The van der Waals surface area contributed by atoms with E-state index in [2.05, 4.69) is 5.16 Å². The van der Waals surface area contributed by atoms with Crippen molar-refractivity contribution in [2.75, 3.05) is 0 Å². The van der Waals surface area contributed by atoms with Gasteiger partial charge < -0.3 is 5.21 Å². The van der Waals surface area contributed by atoms with E-state index in [0.29, 0.717) is 0 Å². The topological polar surface area (TPSA) is 32.6 Å². The summed E-state index contributed by atoms with van der Waals surface area (Å²) in [7, 11) is 0. The van der Waals surface area contributed by atoms with Crippen LogP contribution in [0.2, 0.25) is 0 Å². The van der Waals surface area contributed by atoms with E-state index < -0.39 is 0 Å². The second-order valence-electron chi connectivity index (χ2n) is 1.40. The maximum atomic E-state index is 8.20. The van der Waals surface area contributed by atoms with Gasteiger partial charge in [-0.05, 0) is 11.5 Å². The highest BCUT2D eigenvalue weighted by Crippen LogP contribution is 2.16. The summed E-state index contributed by atoms with van der Waals surface area (Å²) in [5, 5.41) is 13.1. The second-order valence-corrected chi connectivity index (χ2v) is 2.28. The summed E-state index contributed by atoms with van der Waals surface area (Å²) in [6.45, 7) is 0. The third kappa shape index (κ3) is 1.26. The van der Waals surface area contributed by atoms with Gasteiger partial charge in [0.2, 0.25) is 0 Å². The lowest BCUT2D eigenvalue weighted by Crippen LogP contribution is -1.94. The first-order valence-corrected chi connectivity index (χ1v) is 3.22. The van der Waals surface area contributed by atoms with Gasteiger partial charge in [-0.15, -0.1) is 11.8 Å². The van der Waals surface area contributed by atoms with Crippen LogP contribution in [0.1, 0.15) is 6.42 Å². The summed E-state index contributed by atoms with van der Waals surface area (Å²) >= 11 is 1.62. The van der Waals surface area contributed by atoms with Crippen molar-refractivity contribution in [2.45, 2.75) is 6.42 Å². The molecule has 1 radical (unpaired) electrons. The van der Waals surface area contributed by atoms with Crippen LogP contribution in [0.5, 0.6) is 0 Å². The Morgan fingerprint density at radius 1 is 1.75 bits per heavy atom. The molecule has 1 N–H and O–H groups in total. The summed E-state index contributed by atoms with van der Waals surface area (Å²) in [5.41, 5.74) is 0.726. The van der Waals surface area contributed by atoms with Crippen molar-refractivity contribution >= 4 is 17.5 Å². The fraction of sp³-hybridized carbons (Fsp3) is 0.200. The third-order valence-electron chi connectivity index (χ3n) is 0.856. The molecule has 0 unspecified atom stereocenters. The minimum atomic E-state index is 0.726. The van der Waals surface area contributed by atoms with Crippen LogP contribution in [0.25, 0.3) is 0 Å². The lowest BCUT2D eigenvalue weighted by molar-refractivity contribution is 0.318. The molecule has 0 spiro atoms. The van der Waals surface area contributed by atoms with Crippen molar-refractivity contribution in [1.82, 2.24) is 0 Å². The first kappa shape index (κ1) is 5.69. The number of hydrogen-bond acceptors (Lipinski definition) is 3. The molecule has 0 aromatic heterocycles. The lowest BCUT2D eigenvalue weighted by Gasteiger charge is -2.00. The van der Waals surface area contributed by atoms with Gasteiger partial charge >= 0.3 is 0 Å². The van der Waals surface area contributed by atoms with Crippen molar-refractivity contribution < 1.29 is 5.21 Å². The molecular weight excluding hydrogens is 122 g/mol. The number of hydrogen-bond donors (Lipinski definition) is 1. The van der Waals surface area contributed by atoms with Crippen LogP contribution in [-0.2, 0) is 0 Å². The summed E-state index contributed by atoms with van der Waals surface area (Å²) in [4.78, 5) is 0. The van der Waals surface area contributed by atoms with E-state index in [1.165, 1.54) is 0 Å². The molecule has 0 aliphatic carbocycles.